The maximum absolute atomic E-state index is 13.6. The van der Waals surface area contributed by atoms with Crippen LogP contribution in [0.5, 0.6) is 0 Å². The molecule has 0 aliphatic carbocycles. The summed E-state index contributed by atoms with van der Waals surface area (Å²) in [5.74, 6) is -1.61. The zero-order valence-corrected chi connectivity index (χ0v) is 32.3. The normalized spacial score (nSPS) is 15.6. The molecule has 0 unspecified atom stereocenters. The van der Waals surface area contributed by atoms with Crippen LogP contribution in [-0.4, -0.2) is 83.0 Å². The van der Waals surface area contributed by atoms with Crippen LogP contribution in [0, 0.1) is 23.7 Å². The number of aliphatic hydroxyl groups is 1. The van der Waals surface area contributed by atoms with Gasteiger partial charge in [0.25, 0.3) is 0 Å². The summed E-state index contributed by atoms with van der Waals surface area (Å²) in [6.07, 6.45) is 1.47. The van der Waals surface area contributed by atoms with E-state index in [1.807, 2.05) is 48.5 Å². The lowest BCUT2D eigenvalue weighted by atomic mass is 9.91. The Morgan fingerprint density at radius 3 is 1.67 bits per heavy atom. The fraction of sp³-hybridized carbons (Fsp3) is 0.857. The van der Waals surface area contributed by atoms with E-state index < -0.39 is 59.7 Å². The first-order valence-corrected chi connectivity index (χ1v) is 18.3. The third kappa shape index (κ3) is 20.1. The Hall–Kier alpha value is -2.54. The Morgan fingerprint density at radius 2 is 1.19 bits per heavy atom. The van der Waals surface area contributed by atoms with Gasteiger partial charge in [0, 0.05) is 12.5 Å². The Balaban J connectivity index is 5.72. The predicted molar refractivity (Wildman–Crippen MR) is 193 cm³/mol. The molecule has 6 atom stereocenters. The van der Waals surface area contributed by atoms with Gasteiger partial charge >= 0.3 is 6.09 Å². The Labute approximate surface area is 295 Å². The maximum Gasteiger partial charge on any atom is 0.408 e. The third-order valence-corrected chi connectivity index (χ3v) is 7.75. The maximum atomic E-state index is 13.6. The van der Waals surface area contributed by atoms with Gasteiger partial charge in [-0.1, -0.05) is 61.8 Å². The number of hydrogen-bond acceptors (Lipinski definition) is 8. The number of nitrogens with one attached hydrogen (secondary N) is 5. The van der Waals surface area contributed by atoms with Gasteiger partial charge in [0.1, 0.15) is 23.7 Å². The number of amides is 5. The minimum Gasteiger partial charge on any atom is -0.444 e. The van der Waals surface area contributed by atoms with E-state index in [4.69, 9.17) is 4.74 Å². The van der Waals surface area contributed by atoms with Gasteiger partial charge in [-0.2, -0.15) is 12.6 Å². The van der Waals surface area contributed by atoms with Crippen molar-refractivity contribution in [1.29, 1.82) is 0 Å². The van der Waals surface area contributed by atoms with E-state index in [2.05, 4.69) is 39.2 Å². The average Bonchev–Trinajstić information content (AvgIpc) is 2.93. The molecular weight excluding hydrogens is 634 g/mol. The predicted octanol–water partition coefficient (Wildman–Crippen LogP) is 4.10. The van der Waals surface area contributed by atoms with Crippen LogP contribution in [-0.2, 0) is 23.9 Å². The highest BCUT2D eigenvalue weighted by atomic mass is 32.1. The van der Waals surface area contributed by atoms with Crippen molar-refractivity contribution in [3.05, 3.63) is 0 Å². The smallest absolute Gasteiger partial charge is 0.408 e. The number of carbonyl (C=O) groups is 5. The molecule has 0 spiro atoms. The van der Waals surface area contributed by atoms with Crippen molar-refractivity contribution in [2.45, 2.75) is 157 Å². The number of alkyl carbamates (subject to hydrolysis) is 1. The van der Waals surface area contributed by atoms with Crippen molar-refractivity contribution < 1.29 is 33.8 Å². The molecule has 0 aromatic carbocycles. The molecule has 0 aliphatic rings. The van der Waals surface area contributed by atoms with Gasteiger partial charge in [-0.25, -0.2) is 4.79 Å². The molecule has 0 rings (SSSR count). The summed E-state index contributed by atoms with van der Waals surface area (Å²) in [7, 11) is 0. The summed E-state index contributed by atoms with van der Waals surface area (Å²) in [6.45, 7) is 21.2. The summed E-state index contributed by atoms with van der Waals surface area (Å²) in [5.41, 5.74) is -0.750. The van der Waals surface area contributed by atoms with Crippen molar-refractivity contribution in [1.82, 2.24) is 26.6 Å². The topological polar surface area (TPSA) is 175 Å². The van der Waals surface area contributed by atoms with Gasteiger partial charge in [-0.3, -0.25) is 19.2 Å². The lowest BCUT2D eigenvalue weighted by molar-refractivity contribution is -0.132. The Kier molecular flexibility index (Phi) is 21.8. The summed E-state index contributed by atoms with van der Waals surface area (Å²) < 4.78 is 5.34. The molecule has 0 aliphatic heterocycles. The summed E-state index contributed by atoms with van der Waals surface area (Å²) in [4.78, 5) is 65.4. The molecule has 280 valence electrons. The van der Waals surface area contributed by atoms with Crippen LogP contribution in [0.15, 0.2) is 0 Å². The van der Waals surface area contributed by atoms with E-state index in [1.54, 1.807) is 27.7 Å². The monoisotopic (exact) mass is 701 g/mol. The molecule has 48 heavy (non-hydrogen) atoms. The SMILES string of the molecule is CCCCNC(=O)[C@H](CC(C)C)NC(=O)[C@H](C)C[C@H](O)[C@H](CC(C)C)NC(=O)[C@H](CCS)NC(=O)[C@H](CC(C)C)NC(=O)OC(C)(C)C. The van der Waals surface area contributed by atoms with Crippen molar-refractivity contribution in [2.75, 3.05) is 12.3 Å². The lowest BCUT2D eigenvalue weighted by Crippen LogP contribution is -2.57. The Morgan fingerprint density at radius 1 is 0.688 bits per heavy atom. The number of ether oxygens (including phenoxy) is 1. The second kappa shape index (κ2) is 23.0. The first kappa shape index (κ1) is 45.5. The standard InChI is InChI=1S/C35H67N5O7S/c1-12-13-15-36-31(43)27(18-22(4)5)39-30(42)24(8)20-29(41)26(17-21(2)3)38-32(44)25(14-16-48)37-33(45)28(19-23(6)7)40-34(46)47-35(9,10)11/h21-29,41,48H,12-20H2,1-11H3,(H,36,43)(H,37,45)(H,38,44)(H,39,42)(H,40,46)/t24-,25+,26+,27+,28+,29+/m1/s1. The molecule has 12 nitrogen and oxygen atoms in total. The third-order valence-electron chi connectivity index (χ3n) is 7.50. The van der Waals surface area contributed by atoms with E-state index in [1.165, 1.54) is 0 Å². The molecular formula is C35H67N5O7S. The molecule has 0 radical (unpaired) electrons. The van der Waals surface area contributed by atoms with Crippen LogP contribution in [0.25, 0.3) is 0 Å². The quantitative estimate of drug-likeness (QED) is 0.0657. The van der Waals surface area contributed by atoms with Gasteiger partial charge in [0.2, 0.25) is 23.6 Å². The molecule has 6 N–H and O–H groups in total. The number of aliphatic hydroxyl groups excluding tert-OH is 1. The van der Waals surface area contributed by atoms with Crippen LogP contribution >= 0.6 is 12.6 Å². The molecule has 5 amide bonds. The molecule has 0 fully saturated rings. The minimum atomic E-state index is -1.08. The van der Waals surface area contributed by atoms with E-state index in [9.17, 15) is 29.1 Å². The summed E-state index contributed by atoms with van der Waals surface area (Å²) in [5, 5.41) is 25.3. The van der Waals surface area contributed by atoms with Crippen LogP contribution in [0.1, 0.15) is 121 Å². The highest BCUT2D eigenvalue weighted by molar-refractivity contribution is 7.80. The van der Waals surface area contributed by atoms with Crippen LogP contribution in [0.2, 0.25) is 0 Å². The molecule has 0 aromatic rings. The van der Waals surface area contributed by atoms with Crippen molar-refractivity contribution in [3.8, 4) is 0 Å². The highest BCUT2D eigenvalue weighted by Crippen LogP contribution is 2.17. The number of rotatable bonds is 22. The molecule has 13 heteroatoms. The second-order valence-electron chi connectivity index (χ2n) is 15.2. The fourth-order valence-electron chi connectivity index (χ4n) is 5.09. The summed E-state index contributed by atoms with van der Waals surface area (Å²) >= 11 is 4.28. The van der Waals surface area contributed by atoms with E-state index >= 15 is 0 Å². The average molecular weight is 702 g/mol. The van der Waals surface area contributed by atoms with Crippen LogP contribution in [0.4, 0.5) is 4.79 Å². The van der Waals surface area contributed by atoms with E-state index in [0.29, 0.717) is 31.6 Å². The van der Waals surface area contributed by atoms with E-state index in [0.717, 1.165) is 12.8 Å². The molecule has 0 saturated carbocycles. The highest BCUT2D eigenvalue weighted by Gasteiger charge is 2.33. The number of thiol groups is 1. The van der Waals surface area contributed by atoms with Gasteiger partial charge < -0.3 is 36.4 Å². The molecule has 0 heterocycles. The number of carbonyl (C=O) groups excluding carboxylic acids is 5. The zero-order chi connectivity index (χ0) is 37.2. The van der Waals surface area contributed by atoms with Gasteiger partial charge in [0.15, 0.2) is 0 Å². The second-order valence-corrected chi connectivity index (χ2v) is 15.6. The summed E-state index contributed by atoms with van der Waals surface area (Å²) in [6, 6.07) is -3.30. The van der Waals surface area contributed by atoms with Gasteiger partial charge in [-0.05, 0) is 82.8 Å². The van der Waals surface area contributed by atoms with Crippen molar-refractivity contribution >= 4 is 42.4 Å². The molecule has 0 bridgehead atoms. The largest absolute Gasteiger partial charge is 0.444 e. The first-order valence-electron chi connectivity index (χ1n) is 17.7. The molecule has 0 aromatic heterocycles. The van der Waals surface area contributed by atoms with Gasteiger partial charge in [-0.15, -0.1) is 0 Å². The van der Waals surface area contributed by atoms with Crippen LogP contribution in [0.3, 0.4) is 0 Å². The minimum absolute atomic E-state index is 0.0508. The fourth-order valence-corrected chi connectivity index (χ4v) is 5.35. The van der Waals surface area contributed by atoms with Crippen molar-refractivity contribution in [3.63, 3.8) is 0 Å². The molecule has 0 saturated heterocycles. The van der Waals surface area contributed by atoms with Crippen LogP contribution < -0.4 is 26.6 Å². The lowest BCUT2D eigenvalue weighted by Gasteiger charge is -2.30. The van der Waals surface area contributed by atoms with Gasteiger partial charge in [0.05, 0.1) is 12.1 Å². The van der Waals surface area contributed by atoms with E-state index in [-0.39, 0.29) is 42.4 Å². The first-order chi connectivity index (χ1) is 22.2. The Bertz CT molecular complexity index is 1000. The number of hydrogen-bond donors (Lipinski definition) is 7. The zero-order valence-electron chi connectivity index (χ0n) is 31.4. The van der Waals surface area contributed by atoms with Crippen molar-refractivity contribution in [2.24, 2.45) is 23.7 Å². The number of unbranched alkanes of at least 4 members (excludes halogenated alkanes) is 1.